The molecule has 0 amide bonds. The summed E-state index contributed by atoms with van der Waals surface area (Å²) in [6, 6.07) is 0. The van der Waals surface area contributed by atoms with Gasteiger partial charge in [0.15, 0.2) is 18.9 Å². The molecule has 22 atom stereocenters. The SMILES string of the molecule is COC1OC(CO)C(OC2OC(CO)C(C)C(O)C2O)C(O)C1O.O=CC(O)C(O)C(O)C(O)CO.OCC(O)C(O)C(O)C(O)CO.O[C@@H]1CO[C@H]2[C@@H]1OC[C@@H]2O. The van der Waals surface area contributed by atoms with Crippen LogP contribution in [0.25, 0.3) is 0 Å². The molecule has 0 aromatic carbocycles. The van der Waals surface area contributed by atoms with Crippen molar-refractivity contribution in [3.05, 3.63) is 0 Å². The van der Waals surface area contributed by atoms with Gasteiger partial charge in [-0.25, -0.2) is 0 Å². The molecule has 19 N–H and O–H groups in total. The smallest absolute Gasteiger partial charge is 0.187 e. The van der Waals surface area contributed by atoms with E-state index in [9.17, 15) is 35.4 Å². The van der Waals surface area contributed by atoms with Crippen molar-refractivity contribution in [2.24, 2.45) is 5.92 Å². The van der Waals surface area contributed by atoms with Crippen LogP contribution in [0.4, 0.5) is 0 Å². The molecule has 0 saturated carbocycles. The summed E-state index contributed by atoms with van der Waals surface area (Å²) < 4.78 is 31.2. The minimum Gasteiger partial charge on any atom is -0.394 e. The summed E-state index contributed by atoms with van der Waals surface area (Å²) in [5.74, 6) is -0.533. The van der Waals surface area contributed by atoms with Crippen LogP contribution in [0, 0.1) is 5.92 Å². The molecule has 18 unspecified atom stereocenters. The zero-order valence-electron chi connectivity index (χ0n) is 31.6. The van der Waals surface area contributed by atoms with Gasteiger partial charge in [0.2, 0.25) is 0 Å². The van der Waals surface area contributed by atoms with Crippen LogP contribution in [0.5, 0.6) is 0 Å². The lowest BCUT2D eigenvalue weighted by Gasteiger charge is -2.46. The van der Waals surface area contributed by atoms with Gasteiger partial charge in [0.1, 0.15) is 104 Å². The fourth-order valence-electron chi connectivity index (χ4n) is 5.71. The molecule has 0 radical (unpaired) electrons. The number of hydrogen-bond donors (Lipinski definition) is 19. The van der Waals surface area contributed by atoms with E-state index >= 15 is 0 Å². The Morgan fingerprint density at radius 3 is 1.36 bits per heavy atom. The van der Waals surface area contributed by atoms with Gasteiger partial charge in [-0.15, -0.1) is 0 Å². The number of ether oxygens (including phenoxy) is 6. The van der Waals surface area contributed by atoms with Crippen LogP contribution in [-0.4, -0.2) is 285 Å². The lowest BCUT2D eigenvalue weighted by molar-refractivity contribution is -0.353. The summed E-state index contributed by atoms with van der Waals surface area (Å²) in [7, 11) is 1.27. The zero-order valence-corrected chi connectivity index (χ0v) is 31.6. The van der Waals surface area contributed by atoms with Crippen LogP contribution in [0.15, 0.2) is 0 Å². The van der Waals surface area contributed by atoms with Crippen molar-refractivity contribution < 1.29 is 130 Å². The minimum atomic E-state index is -1.79. The Bertz CT molecular complexity index is 1060. The second-order valence-electron chi connectivity index (χ2n) is 13.7. The summed E-state index contributed by atoms with van der Waals surface area (Å²) in [5, 5.41) is 173. The summed E-state index contributed by atoms with van der Waals surface area (Å²) in [6.45, 7) is -0.978. The maximum absolute atomic E-state index is 10.2. The highest BCUT2D eigenvalue weighted by molar-refractivity contribution is 5.56. The van der Waals surface area contributed by atoms with Crippen molar-refractivity contribution in [1.29, 1.82) is 0 Å². The van der Waals surface area contributed by atoms with Gasteiger partial charge in [-0.1, -0.05) is 6.92 Å². The third-order valence-electron chi connectivity index (χ3n) is 9.52. The van der Waals surface area contributed by atoms with Gasteiger partial charge in [0, 0.05) is 13.0 Å². The summed E-state index contributed by atoms with van der Waals surface area (Å²) >= 11 is 0. The van der Waals surface area contributed by atoms with Gasteiger partial charge in [-0.05, 0) is 0 Å². The molecular formula is C32H62O26. The molecule has 4 rings (SSSR count). The Morgan fingerprint density at radius 1 is 0.586 bits per heavy atom. The maximum Gasteiger partial charge on any atom is 0.187 e. The average molecular weight is 863 g/mol. The minimum absolute atomic E-state index is 0.0258. The van der Waals surface area contributed by atoms with E-state index in [1.807, 2.05) is 0 Å². The van der Waals surface area contributed by atoms with Crippen LogP contribution in [0.1, 0.15) is 6.92 Å². The van der Waals surface area contributed by atoms with Gasteiger partial charge in [0.05, 0.1) is 58.5 Å². The highest BCUT2D eigenvalue weighted by atomic mass is 16.7. The van der Waals surface area contributed by atoms with E-state index in [4.69, 9.17) is 94.8 Å². The molecule has 346 valence electrons. The molecular weight excluding hydrogens is 800 g/mol. The first kappa shape index (κ1) is 54.7. The molecule has 4 heterocycles. The number of aliphatic hydroxyl groups is 19. The molecule has 0 aliphatic carbocycles. The average Bonchev–Trinajstić information content (AvgIpc) is 3.81. The molecule has 4 saturated heterocycles. The topological polar surface area (TPSA) is 457 Å². The van der Waals surface area contributed by atoms with Crippen molar-refractivity contribution in [2.75, 3.05) is 53.4 Å². The van der Waals surface area contributed by atoms with Crippen LogP contribution in [-0.2, 0) is 33.2 Å². The first-order chi connectivity index (χ1) is 27.2. The van der Waals surface area contributed by atoms with Crippen LogP contribution in [0.2, 0.25) is 0 Å². The normalized spacial score (nSPS) is 38.7. The van der Waals surface area contributed by atoms with Crippen molar-refractivity contribution in [3.8, 4) is 0 Å². The number of fused-ring (bicyclic) bond motifs is 1. The van der Waals surface area contributed by atoms with Gasteiger partial charge < -0.3 is 130 Å². The predicted octanol–water partition coefficient (Wildman–Crippen LogP) is -11.9. The maximum atomic E-state index is 10.2. The molecule has 4 fully saturated rings. The Hall–Kier alpha value is -1.33. The Kier molecular flexibility index (Phi) is 25.3. The number of aldehydes is 1. The highest BCUT2D eigenvalue weighted by Crippen LogP contribution is 2.31. The van der Waals surface area contributed by atoms with Gasteiger partial charge in [0.25, 0.3) is 0 Å². The van der Waals surface area contributed by atoms with E-state index < -0.39 is 155 Å². The van der Waals surface area contributed by atoms with Crippen LogP contribution < -0.4 is 0 Å². The molecule has 4 aliphatic heterocycles. The van der Waals surface area contributed by atoms with Gasteiger partial charge in [-0.2, -0.15) is 0 Å². The molecule has 0 aromatic rings. The second kappa shape index (κ2) is 26.9. The first-order valence-electron chi connectivity index (χ1n) is 18.0. The fraction of sp³-hybridized carbons (Fsp3) is 0.969. The molecule has 0 aromatic heterocycles. The summed E-state index contributed by atoms with van der Waals surface area (Å²) in [5.41, 5.74) is 0. The quantitative estimate of drug-likeness (QED) is 0.0680. The molecule has 26 nitrogen and oxygen atoms in total. The van der Waals surface area contributed by atoms with Gasteiger partial charge in [-0.3, -0.25) is 0 Å². The molecule has 0 bridgehead atoms. The molecule has 0 spiro atoms. The monoisotopic (exact) mass is 862 g/mol. The third kappa shape index (κ3) is 14.9. The Balaban J connectivity index is 0.000000418. The standard InChI is InChI=1S/C14H26O10.C6H14O6.C6H12O6.C6H10O4/c1-5-6(3-15)22-14(10(19)8(5)17)24-12-7(4-16)23-13(21-2)11(20)9(12)18;2*7-1-3(9)5(11)6(12)4(10)2-8;7-3-1-9-6-4(8)2-10-5(3)6/h5-20H,3-4H2,1-2H3;3-12H,1-2H2;1,3-6,8-12H,2H2;3-8H,1-2H2/t;;;3-,4+,5-,6-/m...1/s1. The van der Waals surface area contributed by atoms with Gasteiger partial charge >= 0.3 is 0 Å². The lowest BCUT2D eigenvalue weighted by atomic mass is 9.91. The number of carbonyl (C=O) groups is 1. The van der Waals surface area contributed by atoms with Crippen molar-refractivity contribution in [3.63, 3.8) is 0 Å². The molecule has 26 heteroatoms. The fourth-order valence-corrected chi connectivity index (χ4v) is 5.71. The summed E-state index contributed by atoms with van der Waals surface area (Å²) in [6.07, 6.45) is -26.1. The third-order valence-corrected chi connectivity index (χ3v) is 9.52. The Morgan fingerprint density at radius 2 is 0.983 bits per heavy atom. The zero-order chi connectivity index (χ0) is 44.6. The van der Waals surface area contributed by atoms with Crippen LogP contribution in [0.3, 0.4) is 0 Å². The summed E-state index contributed by atoms with van der Waals surface area (Å²) in [4.78, 5) is 9.90. The van der Waals surface area contributed by atoms with Crippen LogP contribution >= 0.6 is 0 Å². The molecule has 4 aliphatic rings. The Labute approximate surface area is 331 Å². The predicted molar refractivity (Wildman–Crippen MR) is 183 cm³/mol. The first-order valence-corrected chi connectivity index (χ1v) is 18.0. The van der Waals surface area contributed by atoms with E-state index in [2.05, 4.69) is 0 Å². The number of rotatable bonds is 15. The number of methoxy groups -OCH3 is 1. The van der Waals surface area contributed by atoms with Crippen molar-refractivity contribution >= 4 is 6.29 Å². The largest absolute Gasteiger partial charge is 0.394 e. The lowest BCUT2D eigenvalue weighted by Crippen LogP contribution is -2.63. The molecule has 58 heavy (non-hydrogen) atoms. The second-order valence-corrected chi connectivity index (χ2v) is 13.7. The van der Waals surface area contributed by atoms with Crippen molar-refractivity contribution in [2.45, 2.75) is 135 Å². The number of hydrogen-bond acceptors (Lipinski definition) is 26. The van der Waals surface area contributed by atoms with Crippen molar-refractivity contribution in [1.82, 2.24) is 0 Å². The van der Waals surface area contributed by atoms with E-state index in [0.717, 1.165) is 0 Å². The van der Waals surface area contributed by atoms with E-state index in [1.54, 1.807) is 6.92 Å². The number of carbonyl (C=O) groups excluding carboxylic acids is 1. The van der Waals surface area contributed by atoms with E-state index in [0.29, 0.717) is 0 Å². The van der Waals surface area contributed by atoms with E-state index in [1.165, 1.54) is 7.11 Å². The number of aliphatic hydroxyl groups excluding tert-OH is 19. The van der Waals surface area contributed by atoms with E-state index in [-0.39, 0.29) is 31.7 Å². The highest BCUT2D eigenvalue weighted by Gasteiger charge is 2.50.